The molecule has 0 radical (unpaired) electrons. The van der Waals surface area contributed by atoms with E-state index in [1.807, 2.05) is 12.2 Å². The second-order valence-electron chi connectivity index (χ2n) is 20.9. The van der Waals surface area contributed by atoms with Crippen molar-refractivity contribution in [2.75, 3.05) is 13.2 Å². The van der Waals surface area contributed by atoms with Crippen LogP contribution in [0, 0.1) is 0 Å². The topological polar surface area (TPSA) is 78.9 Å². The lowest BCUT2D eigenvalue weighted by atomic mass is 10.1. The lowest BCUT2D eigenvalue weighted by molar-refractivity contribution is -0.166. The highest BCUT2D eigenvalue weighted by atomic mass is 16.6. The number of ether oxygens (including phenoxy) is 3. The molecule has 454 valence electrons. The first kappa shape index (κ1) is 75.8. The van der Waals surface area contributed by atoms with E-state index in [2.05, 4.69) is 179 Å². The highest BCUT2D eigenvalue weighted by molar-refractivity contribution is 5.71. The predicted molar refractivity (Wildman–Crippen MR) is 352 cm³/mol. The molecule has 0 spiro atoms. The molecule has 0 aromatic rings. The maximum atomic E-state index is 12.9. The van der Waals surface area contributed by atoms with Gasteiger partial charge in [0.05, 0.1) is 0 Å². The molecule has 0 aliphatic carbocycles. The molecule has 0 bridgehead atoms. The molecular weight excluding hydrogens is 997 g/mol. The van der Waals surface area contributed by atoms with Gasteiger partial charge in [-0.25, -0.2) is 0 Å². The summed E-state index contributed by atoms with van der Waals surface area (Å²) in [6, 6.07) is 0. The Balaban J connectivity index is 4.40. The standard InChI is InChI=1S/C75H118O6/c1-4-7-10-13-16-19-22-25-27-29-31-32-33-34-35-36-37-38-39-40-41-42-44-45-47-50-53-56-59-62-65-68-74(77)80-71-72(70-79-73(76)67-64-61-58-55-52-49-24-21-18-15-12-9-6-3)81-75(78)69-66-63-60-57-54-51-48-46-43-30-28-26-23-20-17-14-11-8-5-2/h7,9-10,12,16-21,25-28,31-32,34-35,37-38,40-41,44-45,49,52,58,61,72H,4-6,8,11,13-15,22-24,29-30,33,36,39,42-43,46-48,50-51,53-57,59-60,62-71H2,1-3H3/b10-7-,12-9-,19-16-,20-17-,21-18-,27-25-,28-26-,32-31-,35-34-,38-37-,41-40-,45-44-,52-49-,61-58-. The minimum atomic E-state index is -0.825. The van der Waals surface area contributed by atoms with Crippen LogP contribution >= 0.6 is 0 Å². The molecule has 0 saturated carbocycles. The lowest BCUT2D eigenvalue weighted by Crippen LogP contribution is -2.30. The van der Waals surface area contributed by atoms with Crippen molar-refractivity contribution in [3.05, 3.63) is 170 Å². The van der Waals surface area contributed by atoms with Crippen LogP contribution in [0.4, 0.5) is 0 Å². The van der Waals surface area contributed by atoms with Gasteiger partial charge in [-0.2, -0.15) is 0 Å². The Kier molecular flexibility index (Phi) is 62.9. The van der Waals surface area contributed by atoms with Crippen molar-refractivity contribution in [3.63, 3.8) is 0 Å². The zero-order valence-corrected chi connectivity index (χ0v) is 52.0. The van der Waals surface area contributed by atoms with Crippen LogP contribution in [-0.2, 0) is 28.6 Å². The van der Waals surface area contributed by atoms with Gasteiger partial charge in [-0.05, 0) is 141 Å². The van der Waals surface area contributed by atoms with Crippen LogP contribution in [0.1, 0.15) is 265 Å². The van der Waals surface area contributed by atoms with Crippen molar-refractivity contribution in [2.45, 2.75) is 271 Å². The third-order valence-corrected chi connectivity index (χ3v) is 13.2. The molecule has 81 heavy (non-hydrogen) atoms. The molecule has 0 aromatic carbocycles. The van der Waals surface area contributed by atoms with Gasteiger partial charge in [0.2, 0.25) is 0 Å². The van der Waals surface area contributed by atoms with Crippen molar-refractivity contribution < 1.29 is 28.6 Å². The zero-order valence-electron chi connectivity index (χ0n) is 52.0. The molecule has 0 N–H and O–H groups in total. The molecule has 0 saturated heterocycles. The second-order valence-corrected chi connectivity index (χ2v) is 20.9. The molecule has 1 unspecified atom stereocenters. The summed E-state index contributed by atoms with van der Waals surface area (Å²) in [6.45, 7) is 6.30. The largest absolute Gasteiger partial charge is 0.462 e. The molecule has 0 aliphatic heterocycles. The van der Waals surface area contributed by atoms with Gasteiger partial charge in [-0.15, -0.1) is 0 Å². The van der Waals surface area contributed by atoms with E-state index in [-0.39, 0.29) is 37.5 Å². The monoisotopic (exact) mass is 1110 g/mol. The Morgan fingerprint density at radius 1 is 0.259 bits per heavy atom. The van der Waals surface area contributed by atoms with Gasteiger partial charge in [0.1, 0.15) is 13.2 Å². The van der Waals surface area contributed by atoms with E-state index in [9.17, 15) is 14.4 Å². The van der Waals surface area contributed by atoms with Crippen LogP contribution in [0.2, 0.25) is 0 Å². The Hall–Kier alpha value is -5.23. The van der Waals surface area contributed by atoms with Crippen molar-refractivity contribution in [1.82, 2.24) is 0 Å². The quantitative estimate of drug-likeness (QED) is 0.0261. The summed E-state index contributed by atoms with van der Waals surface area (Å²) < 4.78 is 16.8. The number of rotatable bonds is 57. The smallest absolute Gasteiger partial charge is 0.306 e. The average Bonchev–Trinajstić information content (AvgIpc) is 3.46. The van der Waals surface area contributed by atoms with Gasteiger partial charge in [-0.3, -0.25) is 14.4 Å². The number of hydrogen-bond acceptors (Lipinski definition) is 6. The summed E-state index contributed by atoms with van der Waals surface area (Å²) >= 11 is 0. The van der Waals surface area contributed by atoms with Crippen LogP contribution in [0.5, 0.6) is 0 Å². The molecule has 0 rings (SSSR count). The van der Waals surface area contributed by atoms with Crippen LogP contribution < -0.4 is 0 Å². The van der Waals surface area contributed by atoms with Crippen LogP contribution in [0.15, 0.2) is 170 Å². The van der Waals surface area contributed by atoms with E-state index < -0.39 is 6.10 Å². The van der Waals surface area contributed by atoms with Crippen molar-refractivity contribution in [2.24, 2.45) is 0 Å². The van der Waals surface area contributed by atoms with E-state index in [1.54, 1.807) is 0 Å². The fourth-order valence-corrected chi connectivity index (χ4v) is 8.38. The molecule has 0 heterocycles. The Labute approximate surface area is 498 Å². The fourth-order valence-electron chi connectivity index (χ4n) is 8.38. The number of carbonyl (C=O) groups excluding carboxylic acids is 3. The molecule has 1 atom stereocenters. The normalized spacial score (nSPS) is 13.3. The molecule has 0 fully saturated rings. The van der Waals surface area contributed by atoms with Crippen molar-refractivity contribution in [3.8, 4) is 0 Å². The average molecular weight is 1120 g/mol. The van der Waals surface area contributed by atoms with Gasteiger partial charge in [-0.1, -0.05) is 274 Å². The summed E-state index contributed by atoms with van der Waals surface area (Å²) in [5.74, 6) is -1.02. The van der Waals surface area contributed by atoms with E-state index in [1.165, 1.54) is 83.5 Å². The predicted octanol–water partition coefficient (Wildman–Crippen LogP) is 22.7. The second kappa shape index (κ2) is 67.3. The summed E-state index contributed by atoms with van der Waals surface area (Å²) in [5.41, 5.74) is 0. The summed E-state index contributed by atoms with van der Waals surface area (Å²) in [4.78, 5) is 38.3. The maximum absolute atomic E-state index is 12.9. The molecule has 6 heteroatoms. The molecule has 0 aliphatic rings. The Bertz CT molecular complexity index is 1860. The highest BCUT2D eigenvalue weighted by Crippen LogP contribution is 2.14. The Morgan fingerprint density at radius 2 is 0.506 bits per heavy atom. The third kappa shape index (κ3) is 65.5. The first-order valence-electron chi connectivity index (χ1n) is 32.6. The first-order valence-corrected chi connectivity index (χ1v) is 32.6. The SMILES string of the molecule is CC/C=C\C/C=C\C/C=C\C/C=C\C/C=C\C/C=C\C/C=C\C/C=C\CCCCCCCCC(=O)OCC(COC(=O)CC/C=C\C/C=C\C/C=C\C/C=C\CC)OC(=O)CCCCCCCCCCC/C=C\C/C=C\CCCCC. The first-order chi connectivity index (χ1) is 40.0. The number of carbonyl (C=O) groups is 3. The van der Waals surface area contributed by atoms with Crippen LogP contribution in [-0.4, -0.2) is 37.2 Å². The van der Waals surface area contributed by atoms with Crippen LogP contribution in [0.25, 0.3) is 0 Å². The maximum Gasteiger partial charge on any atom is 0.306 e. The van der Waals surface area contributed by atoms with Gasteiger partial charge >= 0.3 is 17.9 Å². The van der Waals surface area contributed by atoms with Gasteiger partial charge in [0.25, 0.3) is 0 Å². The van der Waals surface area contributed by atoms with Crippen LogP contribution in [0.3, 0.4) is 0 Å². The number of allylic oxidation sites excluding steroid dienone is 28. The van der Waals surface area contributed by atoms with E-state index in [4.69, 9.17) is 14.2 Å². The van der Waals surface area contributed by atoms with E-state index >= 15 is 0 Å². The summed E-state index contributed by atoms with van der Waals surface area (Å²) in [5, 5.41) is 0. The van der Waals surface area contributed by atoms with Gasteiger partial charge in [0.15, 0.2) is 6.10 Å². The molecule has 6 nitrogen and oxygen atoms in total. The van der Waals surface area contributed by atoms with E-state index in [0.717, 1.165) is 135 Å². The zero-order chi connectivity index (χ0) is 58.5. The third-order valence-electron chi connectivity index (χ3n) is 13.2. The summed E-state index contributed by atoms with van der Waals surface area (Å²) in [7, 11) is 0. The Morgan fingerprint density at radius 3 is 0.827 bits per heavy atom. The highest BCUT2D eigenvalue weighted by Gasteiger charge is 2.19. The molecule has 0 aromatic heterocycles. The van der Waals surface area contributed by atoms with Gasteiger partial charge < -0.3 is 14.2 Å². The fraction of sp³-hybridized carbons (Fsp3) is 0.587. The number of unbranched alkanes of at least 4 members (excludes halogenated alkanes) is 18. The number of esters is 3. The number of hydrogen-bond donors (Lipinski definition) is 0. The minimum Gasteiger partial charge on any atom is -0.462 e. The molecule has 0 amide bonds. The van der Waals surface area contributed by atoms with Crippen molar-refractivity contribution in [1.29, 1.82) is 0 Å². The minimum absolute atomic E-state index is 0.117. The van der Waals surface area contributed by atoms with Crippen molar-refractivity contribution >= 4 is 17.9 Å². The van der Waals surface area contributed by atoms with Gasteiger partial charge in [0, 0.05) is 19.3 Å². The summed E-state index contributed by atoms with van der Waals surface area (Å²) in [6.07, 6.45) is 99.5. The lowest BCUT2D eigenvalue weighted by Gasteiger charge is -2.18. The molecular formula is C75H118O6. The van der Waals surface area contributed by atoms with E-state index in [0.29, 0.717) is 19.3 Å².